The van der Waals surface area contributed by atoms with Gasteiger partial charge in [0.15, 0.2) is 0 Å². The van der Waals surface area contributed by atoms with Crippen LogP contribution in [0.25, 0.3) is 0 Å². The van der Waals surface area contributed by atoms with Crippen LogP contribution in [0.2, 0.25) is 0 Å². The van der Waals surface area contributed by atoms with E-state index in [2.05, 4.69) is 5.32 Å². The highest BCUT2D eigenvalue weighted by Crippen LogP contribution is 2.42. The Bertz CT molecular complexity index is 995. The molecular weight excluding hydrogens is 377 g/mol. The Labute approximate surface area is 166 Å². The first-order valence-corrected chi connectivity index (χ1v) is 9.51. The summed E-state index contributed by atoms with van der Waals surface area (Å²) in [5.74, 6) is -1.25. The van der Waals surface area contributed by atoms with Gasteiger partial charge in [-0.2, -0.15) is 5.26 Å². The molecule has 0 unspecified atom stereocenters. The smallest absolute Gasteiger partial charge is 0.264 e. The average molecular weight is 395 g/mol. The van der Waals surface area contributed by atoms with Gasteiger partial charge in [-0.15, -0.1) is 0 Å². The molecule has 1 aliphatic rings. The molecule has 3 rings (SSSR count). The first-order chi connectivity index (χ1) is 13.5. The van der Waals surface area contributed by atoms with Crippen molar-refractivity contribution in [3.8, 4) is 6.07 Å². The summed E-state index contributed by atoms with van der Waals surface area (Å²) < 4.78 is 13.3. The van der Waals surface area contributed by atoms with E-state index in [1.807, 2.05) is 37.3 Å². The largest absolute Gasteiger partial charge is 0.354 e. The Morgan fingerprint density at radius 2 is 1.93 bits per heavy atom. The lowest BCUT2D eigenvalue weighted by atomic mass is 10.0. The van der Waals surface area contributed by atoms with Gasteiger partial charge in [0.2, 0.25) is 5.91 Å². The Balaban J connectivity index is 2.06. The molecule has 2 aromatic carbocycles. The molecule has 1 heterocycles. The van der Waals surface area contributed by atoms with E-state index in [0.29, 0.717) is 12.1 Å². The molecule has 2 aromatic rings. The second-order valence-corrected chi connectivity index (χ2v) is 7.45. The van der Waals surface area contributed by atoms with E-state index in [1.54, 1.807) is 0 Å². The van der Waals surface area contributed by atoms with Crippen molar-refractivity contribution in [2.24, 2.45) is 0 Å². The van der Waals surface area contributed by atoms with Crippen molar-refractivity contribution in [3.63, 3.8) is 0 Å². The number of nitrogens with one attached hydrogen (secondary N) is 1. The van der Waals surface area contributed by atoms with Crippen molar-refractivity contribution in [2.75, 3.05) is 11.9 Å². The number of amides is 2. The van der Waals surface area contributed by atoms with E-state index in [0.717, 1.165) is 11.1 Å². The van der Waals surface area contributed by atoms with E-state index in [-0.39, 0.29) is 16.5 Å². The molecule has 1 saturated heterocycles. The zero-order valence-corrected chi connectivity index (χ0v) is 16.2. The lowest BCUT2D eigenvalue weighted by Gasteiger charge is -2.18. The van der Waals surface area contributed by atoms with E-state index in [4.69, 9.17) is 0 Å². The number of aryl methyl sites for hydroxylation is 1. The number of nitrogens with zero attached hydrogens (tertiary/aromatic N) is 2. The van der Waals surface area contributed by atoms with Crippen molar-refractivity contribution in [3.05, 3.63) is 76.1 Å². The summed E-state index contributed by atoms with van der Waals surface area (Å²) in [7, 11) is 1.43. The SMILES string of the molecule is CNC(=O)/C(C#N)=C1\S[C@@H](Cc2ccccc2C)C(=O)N1c1ccc(F)cc1. The van der Waals surface area contributed by atoms with Crippen molar-refractivity contribution in [1.82, 2.24) is 5.32 Å². The molecule has 7 heteroatoms. The van der Waals surface area contributed by atoms with Crippen LogP contribution in [0.3, 0.4) is 0 Å². The number of rotatable bonds is 4. The number of halogens is 1. The van der Waals surface area contributed by atoms with E-state index in [9.17, 15) is 19.2 Å². The third-order valence-electron chi connectivity index (χ3n) is 4.48. The Kier molecular flexibility index (Phi) is 5.81. The highest BCUT2D eigenvalue weighted by atomic mass is 32.2. The number of hydrogen-bond donors (Lipinski definition) is 1. The molecule has 5 nitrogen and oxygen atoms in total. The molecule has 28 heavy (non-hydrogen) atoms. The molecule has 2 amide bonds. The van der Waals surface area contributed by atoms with Crippen molar-refractivity contribution in [1.29, 1.82) is 5.26 Å². The van der Waals surface area contributed by atoms with Crippen molar-refractivity contribution >= 4 is 29.3 Å². The number of benzene rings is 2. The topological polar surface area (TPSA) is 73.2 Å². The fourth-order valence-corrected chi connectivity index (χ4v) is 4.27. The number of likely N-dealkylation sites (N-methyl/N-ethyl adjacent to an activating group) is 1. The summed E-state index contributed by atoms with van der Waals surface area (Å²) in [4.78, 5) is 26.7. The second-order valence-electron chi connectivity index (χ2n) is 6.26. The van der Waals surface area contributed by atoms with Crippen LogP contribution in [0.5, 0.6) is 0 Å². The van der Waals surface area contributed by atoms with Crippen LogP contribution in [-0.4, -0.2) is 24.1 Å². The maximum atomic E-state index is 13.3. The van der Waals surface area contributed by atoms with E-state index in [1.165, 1.54) is 48.0 Å². The van der Waals surface area contributed by atoms with E-state index >= 15 is 0 Å². The quantitative estimate of drug-likeness (QED) is 0.637. The summed E-state index contributed by atoms with van der Waals surface area (Å²) in [5, 5.41) is 11.7. The van der Waals surface area contributed by atoms with Crippen LogP contribution in [0.1, 0.15) is 11.1 Å². The molecule has 0 bridgehead atoms. The van der Waals surface area contributed by atoms with Gasteiger partial charge in [0, 0.05) is 12.7 Å². The number of carbonyl (C=O) groups is 2. The lowest BCUT2D eigenvalue weighted by Crippen LogP contribution is -2.31. The number of nitriles is 1. The molecule has 0 spiro atoms. The molecule has 0 radical (unpaired) electrons. The molecule has 1 aliphatic heterocycles. The van der Waals surface area contributed by atoms with Gasteiger partial charge >= 0.3 is 0 Å². The Morgan fingerprint density at radius 3 is 2.54 bits per heavy atom. The fourth-order valence-electron chi connectivity index (χ4n) is 2.98. The molecule has 1 N–H and O–H groups in total. The van der Waals surface area contributed by atoms with Gasteiger partial charge in [-0.05, 0) is 48.7 Å². The molecular formula is C21H18FN3O2S. The summed E-state index contributed by atoms with van der Waals surface area (Å²) in [6, 6.07) is 15.1. The zero-order chi connectivity index (χ0) is 20.3. The molecule has 1 atom stereocenters. The number of anilines is 1. The average Bonchev–Trinajstić information content (AvgIpc) is 3.01. The number of carbonyl (C=O) groups excluding carboxylic acids is 2. The van der Waals surface area contributed by atoms with Gasteiger partial charge in [0.1, 0.15) is 22.5 Å². The van der Waals surface area contributed by atoms with Crippen LogP contribution in [0.4, 0.5) is 10.1 Å². The normalized spacial score (nSPS) is 18.0. The van der Waals surface area contributed by atoms with Crippen LogP contribution >= 0.6 is 11.8 Å². The zero-order valence-electron chi connectivity index (χ0n) is 15.4. The highest BCUT2D eigenvalue weighted by Gasteiger charge is 2.40. The molecule has 0 aromatic heterocycles. The predicted molar refractivity (Wildman–Crippen MR) is 107 cm³/mol. The van der Waals surface area contributed by atoms with E-state index < -0.39 is 17.0 Å². The molecule has 0 saturated carbocycles. The number of hydrogen-bond acceptors (Lipinski definition) is 4. The first kappa shape index (κ1) is 19.6. The third-order valence-corrected chi connectivity index (χ3v) is 5.75. The highest BCUT2D eigenvalue weighted by molar-refractivity contribution is 8.05. The minimum Gasteiger partial charge on any atom is -0.354 e. The van der Waals surface area contributed by atoms with Crippen LogP contribution < -0.4 is 10.2 Å². The van der Waals surface area contributed by atoms with Gasteiger partial charge in [-0.3, -0.25) is 14.5 Å². The standard InChI is InChI=1S/C21H18FN3O2S/c1-13-5-3-4-6-14(13)11-18-20(27)25(16-9-7-15(22)8-10-16)21(28-18)17(12-23)19(26)24-2/h3-10,18H,11H2,1-2H3,(H,24,26)/b21-17-/t18-/m0/s1. The molecule has 142 valence electrons. The minimum atomic E-state index is -0.568. The third kappa shape index (κ3) is 3.78. The van der Waals surface area contributed by atoms with Gasteiger partial charge in [-0.25, -0.2) is 4.39 Å². The molecule has 0 aliphatic carbocycles. The summed E-state index contributed by atoms with van der Waals surface area (Å²) in [6.45, 7) is 1.97. The van der Waals surface area contributed by atoms with Gasteiger partial charge in [0.25, 0.3) is 5.91 Å². The summed E-state index contributed by atoms with van der Waals surface area (Å²) >= 11 is 1.18. The summed E-state index contributed by atoms with van der Waals surface area (Å²) in [6.07, 6.45) is 0.462. The maximum absolute atomic E-state index is 13.3. The van der Waals surface area contributed by atoms with Crippen LogP contribution in [0, 0.1) is 24.1 Å². The predicted octanol–water partition coefficient (Wildman–Crippen LogP) is 3.31. The first-order valence-electron chi connectivity index (χ1n) is 8.63. The van der Waals surface area contributed by atoms with Crippen molar-refractivity contribution < 1.29 is 14.0 Å². The van der Waals surface area contributed by atoms with Gasteiger partial charge in [0.05, 0.1) is 5.25 Å². The summed E-state index contributed by atoms with van der Waals surface area (Å²) in [5.41, 5.74) is 2.36. The van der Waals surface area contributed by atoms with Crippen molar-refractivity contribution in [2.45, 2.75) is 18.6 Å². The van der Waals surface area contributed by atoms with Gasteiger partial charge in [-0.1, -0.05) is 36.0 Å². The lowest BCUT2D eigenvalue weighted by molar-refractivity contribution is -0.117. The van der Waals surface area contributed by atoms with Crippen LogP contribution in [-0.2, 0) is 16.0 Å². The van der Waals surface area contributed by atoms with Crippen LogP contribution in [0.15, 0.2) is 59.1 Å². The number of thioether (sulfide) groups is 1. The molecule has 1 fully saturated rings. The monoisotopic (exact) mass is 395 g/mol. The van der Waals surface area contributed by atoms with Gasteiger partial charge < -0.3 is 5.32 Å². The maximum Gasteiger partial charge on any atom is 0.264 e. The minimum absolute atomic E-state index is 0.141. The Morgan fingerprint density at radius 1 is 1.25 bits per heavy atom. The Hall–Kier alpha value is -3.11. The second kappa shape index (κ2) is 8.28. The fraction of sp³-hybridized carbons (Fsp3) is 0.190.